The van der Waals surface area contributed by atoms with Crippen LogP contribution in [0.4, 0.5) is 9.52 Å². The van der Waals surface area contributed by atoms with E-state index in [1.807, 2.05) is 35.2 Å². The van der Waals surface area contributed by atoms with Crippen molar-refractivity contribution in [2.75, 3.05) is 25.7 Å². The number of fused-ring (bicyclic) bond motifs is 1. The number of anilines is 1. The first-order chi connectivity index (χ1) is 19.2. The molecule has 11 heteroatoms. The molecule has 9 nitrogen and oxygen atoms in total. The largest absolute Gasteiger partial charge is 0.497 e. The van der Waals surface area contributed by atoms with E-state index in [0.29, 0.717) is 46.5 Å². The van der Waals surface area contributed by atoms with Gasteiger partial charge in [0.2, 0.25) is 5.91 Å². The first-order valence-corrected chi connectivity index (χ1v) is 13.9. The summed E-state index contributed by atoms with van der Waals surface area (Å²) in [7, 11) is 3.08. The number of methoxy groups -OCH3 is 2. The topological polar surface area (TPSA) is 98.6 Å². The van der Waals surface area contributed by atoms with E-state index >= 15 is 4.39 Å². The van der Waals surface area contributed by atoms with E-state index in [2.05, 4.69) is 15.3 Å². The number of hydrogen-bond donors (Lipinski definition) is 1. The Kier molecular flexibility index (Phi) is 7.75. The van der Waals surface area contributed by atoms with Gasteiger partial charge in [0.25, 0.3) is 5.56 Å². The van der Waals surface area contributed by atoms with E-state index in [1.165, 1.54) is 36.9 Å². The Hall–Kier alpha value is -3.99. The molecule has 0 aliphatic carbocycles. The summed E-state index contributed by atoms with van der Waals surface area (Å²) in [6, 6.07) is 14.6. The molecule has 5 rings (SSSR count). The molecule has 1 unspecified atom stereocenters. The summed E-state index contributed by atoms with van der Waals surface area (Å²) in [6.45, 7) is 3.84. The number of nitrogens with zero attached hydrogens (tertiary/aromatic N) is 4. The van der Waals surface area contributed by atoms with Gasteiger partial charge in [-0.15, -0.1) is 0 Å². The predicted molar refractivity (Wildman–Crippen MR) is 153 cm³/mol. The molecule has 1 aliphatic rings. The molecule has 1 amide bonds. The van der Waals surface area contributed by atoms with E-state index in [1.54, 1.807) is 25.3 Å². The second-order valence-electron chi connectivity index (χ2n) is 10.2. The van der Waals surface area contributed by atoms with Crippen LogP contribution >= 0.6 is 11.3 Å². The van der Waals surface area contributed by atoms with Crippen LogP contribution in [-0.4, -0.2) is 47.2 Å². The highest BCUT2D eigenvalue weighted by molar-refractivity contribution is 7.21. The number of amides is 1. The number of nitrogens with one attached hydrogen (secondary N) is 1. The lowest BCUT2D eigenvalue weighted by atomic mass is 10.1. The van der Waals surface area contributed by atoms with Gasteiger partial charge in [0.1, 0.15) is 17.5 Å². The molecule has 2 aromatic heterocycles. The Morgan fingerprint density at radius 3 is 2.62 bits per heavy atom. The molecule has 0 saturated carbocycles. The number of carbonyl (C=O) groups is 1. The van der Waals surface area contributed by atoms with E-state index in [0.717, 1.165) is 12.0 Å². The molecule has 0 spiro atoms. The second kappa shape index (κ2) is 11.2. The van der Waals surface area contributed by atoms with E-state index < -0.39 is 17.3 Å². The number of carbonyl (C=O) groups excluding carboxylic acids is 1. The highest BCUT2D eigenvalue weighted by Gasteiger charge is 2.34. The van der Waals surface area contributed by atoms with Gasteiger partial charge in [-0.1, -0.05) is 41.7 Å². The summed E-state index contributed by atoms with van der Waals surface area (Å²) in [4.78, 5) is 38.3. The zero-order chi connectivity index (χ0) is 28.4. The third kappa shape index (κ3) is 5.51. The average Bonchev–Trinajstić information content (AvgIpc) is 3.61. The van der Waals surface area contributed by atoms with Gasteiger partial charge < -0.3 is 19.7 Å². The van der Waals surface area contributed by atoms with Crippen LogP contribution in [0.2, 0.25) is 0 Å². The molecule has 3 heterocycles. The van der Waals surface area contributed by atoms with Crippen LogP contribution in [0.1, 0.15) is 43.6 Å². The van der Waals surface area contributed by atoms with Gasteiger partial charge >= 0.3 is 0 Å². The lowest BCUT2D eigenvalue weighted by Gasteiger charge is -2.23. The van der Waals surface area contributed by atoms with E-state index in [-0.39, 0.29) is 23.8 Å². The molecule has 1 fully saturated rings. The molecular formula is C29H32FN5O4S. The first kappa shape index (κ1) is 27.6. The van der Waals surface area contributed by atoms with Crippen molar-refractivity contribution >= 4 is 32.7 Å². The van der Waals surface area contributed by atoms with Crippen LogP contribution in [0, 0.1) is 0 Å². The minimum absolute atomic E-state index is 0.00310. The fourth-order valence-corrected chi connectivity index (χ4v) is 5.95. The smallest absolute Gasteiger partial charge is 0.281 e. The van der Waals surface area contributed by atoms with Gasteiger partial charge in [-0.05, 0) is 44.4 Å². The molecule has 4 aromatic rings. The number of alkyl halides is 1. The molecule has 0 radical (unpaired) electrons. The molecular weight excluding hydrogens is 533 g/mol. The summed E-state index contributed by atoms with van der Waals surface area (Å²) in [5.74, 6) is 1.01. The number of aromatic nitrogens is 3. The Bertz CT molecular complexity index is 1580. The molecule has 1 N–H and O–H groups in total. The summed E-state index contributed by atoms with van der Waals surface area (Å²) in [5, 5.41) is 3.54. The van der Waals surface area contributed by atoms with Crippen LogP contribution in [0.5, 0.6) is 11.5 Å². The van der Waals surface area contributed by atoms with Crippen molar-refractivity contribution in [2.24, 2.45) is 0 Å². The summed E-state index contributed by atoms with van der Waals surface area (Å²) in [6.07, 6.45) is 1.49. The number of ether oxygens (including phenoxy) is 2. The fourth-order valence-electron chi connectivity index (χ4n) is 4.94. The Labute approximate surface area is 235 Å². The van der Waals surface area contributed by atoms with Crippen LogP contribution in [-0.2, 0) is 23.6 Å². The maximum atomic E-state index is 15.4. The third-order valence-corrected chi connectivity index (χ3v) is 7.96. The molecule has 40 heavy (non-hydrogen) atoms. The average molecular weight is 566 g/mol. The SMILES string of the molecule is COc1ccc(Cn2c(C(C)(C)F)nc3sc(N4CCCC4C(=O)NCc4ccccc4)nc3c2=O)c(OC)c1. The predicted octanol–water partition coefficient (Wildman–Crippen LogP) is 4.41. The molecule has 1 aliphatic heterocycles. The maximum Gasteiger partial charge on any atom is 0.281 e. The first-order valence-electron chi connectivity index (χ1n) is 13.1. The molecule has 1 saturated heterocycles. The van der Waals surface area contributed by atoms with E-state index in [4.69, 9.17) is 9.47 Å². The van der Waals surface area contributed by atoms with Gasteiger partial charge in [0.05, 0.1) is 20.8 Å². The number of hydrogen-bond acceptors (Lipinski definition) is 8. The van der Waals surface area contributed by atoms with Crippen molar-refractivity contribution in [1.29, 1.82) is 0 Å². The van der Waals surface area contributed by atoms with Crippen molar-refractivity contribution in [1.82, 2.24) is 19.9 Å². The summed E-state index contributed by atoms with van der Waals surface area (Å²) in [5.41, 5.74) is -0.515. The van der Waals surface area contributed by atoms with Crippen molar-refractivity contribution < 1.29 is 18.7 Å². The highest BCUT2D eigenvalue weighted by Crippen LogP contribution is 2.34. The van der Waals surface area contributed by atoms with Crippen LogP contribution < -0.4 is 25.2 Å². The van der Waals surface area contributed by atoms with E-state index in [9.17, 15) is 9.59 Å². The van der Waals surface area contributed by atoms with Gasteiger partial charge in [-0.3, -0.25) is 14.2 Å². The quantitative estimate of drug-likeness (QED) is 0.321. The van der Waals surface area contributed by atoms with Crippen molar-refractivity contribution in [3.05, 3.63) is 75.8 Å². The number of rotatable bonds is 9. The Morgan fingerprint density at radius 1 is 1.15 bits per heavy atom. The molecule has 1 atom stereocenters. The lowest BCUT2D eigenvalue weighted by Crippen LogP contribution is -2.43. The summed E-state index contributed by atoms with van der Waals surface area (Å²) >= 11 is 1.20. The van der Waals surface area contributed by atoms with Crippen molar-refractivity contribution in [2.45, 2.75) is 51.5 Å². The zero-order valence-electron chi connectivity index (χ0n) is 22.9. The number of thiazole rings is 1. The number of benzene rings is 2. The van der Waals surface area contributed by atoms with Crippen LogP contribution in [0.15, 0.2) is 53.3 Å². The monoisotopic (exact) mass is 565 g/mol. The molecule has 0 bridgehead atoms. The van der Waals surface area contributed by atoms with Crippen molar-refractivity contribution in [3.8, 4) is 11.5 Å². The highest BCUT2D eigenvalue weighted by atomic mass is 32.1. The lowest BCUT2D eigenvalue weighted by molar-refractivity contribution is -0.122. The molecule has 210 valence electrons. The minimum Gasteiger partial charge on any atom is -0.497 e. The molecule has 2 aromatic carbocycles. The Morgan fingerprint density at radius 2 is 1.93 bits per heavy atom. The zero-order valence-corrected chi connectivity index (χ0v) is 23.8. The number of halogens is 1. The van der Waals surface area contributed by atoms with Gasteiger partial charge in [-0.25, -0.2) is 14.4 Å². The second-order valence-corrected chi connectivity index (χ2v) is 11.1. The van der Waals surface area contributed by atoms with Crippen LogP contribution in [0.25, 0.3) is 10.3 Å². The van der Waals surface area contributed by atoms with Gasteiger partial charge in [0, 0.05) is 24.7 Å². The van der Waals surface area contributed by atoms with Crippen molar-refractivity contribution in [3.63, 3.8) is 0 Å². The summed E-state index contributed by atoms with van der Waals surface area (Å²) < 4.78 is 27.5. The van der Waals surface area contributed by atoms with Gasteiger partial charge in [-0.2, -0.15) is 0 Å². The maximum absolute atomic E-state index is 15.4. The minimum atomic E-state index is -1.90. The third-order valence-electron chi connectivity index (χ3n) is 6.97. The normalized spacial score (nSPS) is 15.4. The van der Waals surface area contributed by atoms with Crippen LogP contribution in [0.3, 0.4) is 0 Å². The fraction of sp³-hybridized carbons (Fsp3) is 0.379. The Balaban J connectivity index is 1.48. The standard InChI is InChI=1S/C29H32FN5O4S/c1-29(2,30)27-33-25-23(26(37)35(27)17-19-12-13-20(38-3)15-22(19)39-4)32-28(40-25)34-14-8-11-21(34)24(36)31-16-18-9-6-5-7-10-18/h5-7,9-10,12-13,15,21H,8,11,14,16-17H2,1-4H3,(H,31,36). The van der Waals surface area contributed by atoms with Gasteiger partial charge in [0.15, 0.2) is 27.0 Å².